The lowest BCUT2D eigenvalue weighted by molar-refractivity contribution is 0.102. The standard InChI is InChI=1S/C19H19N3O3S3/c1-13-17(27-19(20-13)14-7-10-26-12-14)18(23)21-15-5-4-6-16(11-15)28(24,25)22-8-2-3-9-22/h4-7,10-12H,2-3,8-9H2,1H3,(H,21,23). The molecule has 0 saturated carbocycles. The second-order valence-corrected chi connectivity index (χ2v) is 10.3. The first-order chi connectivity index (χ1) is 13.4. The van der Waals surface area contributed by atoms with Gasteiger partial charge in [0.1, 0.15) is 9.88 Å². The number of hydrogen-bond donors (Lipinski definition) is 1. The van der Waals surface area contributed by atoms with E-state index in [1.54, 1.807) is 36.5 Å². The van der Waals surface area contributed by atoms with E-state index < -0.39 is 10.0 Å². The molecule has 1 aliphatic heterocycles. The van der Waals surface area contributed by atoms with Gasteiger partial charge in [0.25, 0.3) is 5.91 Å². The first-order valence-corrected chi connectivity index (χ1v) is 12.1. The van der Waals surface area contributed by atoms with Crippen LogP contribution < -0.4 is 5.32 Å². The third kappa shape index (κ3) is 3.75. The van der Waals surface area contributed by atoms with Crippen LogP contribution in [0.2, 0.25) is 0 Å². The zero-order chi connectivity index (χ0) is 19.7. The second kappa shape index (κ2) is 7.75. The van der Waals surface area contributed by atoms with E-state index in [1.807, 2.05) is 16.8 Å². The topological polar surface area (TPSA) is 79.4 Å². The van der Waals surface area contributed by atoms with Gasteiger partial charge >= 0.3 is 0 Å². The number of nitrogens with zero attached hydrogens (tertiary/aromatic N) is 2. The van der Waals surface area contributed by atoms with Gasteiger partial charge in [-0.1, -0.05) is 6.07 Å². The second-order valence-electron chi connectivity index (χ2n) is 6.54. The molecule has 0 aliphatic carbocycles. The van der Waals surface area contributed by atoms with Crippen molar-refractivity contribution in [2.75, 3.05) is 18.4 Å². The fourth-order valence-electron chi connectivity index (χ4n) is 3.12. The Kier molecular flexibility index (Phi) is 5.33. The molecule has 1 N–H and O–H groups in total. The molecule has 146 valence electrons. The maximum atomic E-state index is 12.7. The minimum absolute atomic E-state index is 0.201. The van der Waals surface area contributed by atoms with E-state index in [0.717, 1.165) is 23.4 Å². The number of carbonyl (C=O) groups is 1. The summed E-state index contributed by atoms with van der Waals surface area (Å²) in [6, 6.07) is 8.39. The van der Waals surface area contributed by atoms with Crippen molar-refractivity contribution in [1.82, 2.24) is 9.29 Å². The predicted molar refractivity (Wildman–Crippen MR) is 113 cm³/mol. The van der Waals surface area contributed by atoms with Gasteiger partial charge in [-0.15, -0.1) is 11.3 Å². The van der Waals surface area contributed by atoms with Crippen LogP contribution in [0.25, 0.3) is 10.6 Å². The van der Waals surface area contributed by atoms with Gasteiger partial charge in [0.05, 0.1) is 10.6 Å². The van der Waals surface area contributed by atoms with Crippen molar-refractivity contribution in [3.63, 3.8) is 0 Å². The van der Waals surface area contributed by atoms with E-state index in [-0.39, 0.29) is 10.8 Å². The van der Waals surface area contributed by atoms with Crippen molar-refractivity contribution in [1.29, 1.82) is 0 Å². The summed E-state index contributed by atoms with van der Waals surface area (Å²) in [5.74, 6) is -0.285. The predicted octanol–water partition coefficient (Wildman–Crippen LogP) is 4.22. The van der Waals surface area contributed by atoms with Gasteiger partial charge in [-0.25, -0.2) is 13.4 Å². The number of carbonyl (C=O) groups excluding carboxylic acids is 1. The van der Waals surface area contributed by atoms with E-state index in [2.05, 4.69) is 10.3 Å². The fraction of sp³-hybridized carbons (Fsp3) is 0.263. The average molecular weight is 434 g/mol. The zero-order valence-electron chi connectivity index (χ0n) is 15.2. The van der Waals surface area contributed by atoms with Crippen LogP contribution in [0, 0.1) is 6.92 Å². The highest BCUT2D eigenvalue weighted by atomic mass is 32.2. The first-order valence-electron chi connectivity index (χ1n) is 8.87. The maximum Gasteiger partial charge on any atom is 0.267 e. The molecule has 6 nitrogen and oxygen atoms in total. The maximum absolute atomic E-state index is 12.7. The van der Waals surface area contributed by atoms with Gasteiger partial charge < -0.3 is 5.32 Å². The van der Waals surface area contributed by atoms with Crippen molar-refractivity contribution >= 4 is 44.3 Å². The van der Waals surface area contributed by atoms with Crippen LogP contribution in [0.15, 0.2) is 46.0 Å². The molecule has 28 heavy (non-hydrogen) atoms. The summed E-state index contributed by atoms with van der Waals surface area (Å²) in [5.41, 5.74) is 2.11. The third-order valence-electron chi connectivity index (χ3n) is 4.57. The van der Waals surface area contributed by atoms with Crippen LogP contribution >= 0.6 is 22.7 Å². The summed E-state index contributed by atoms with van der Waals surface area (Å²) in [6.45, 7) is 2.89. The number of amides is 1. The molecule has 1 amide bonds. The molecule has 0 bridgehead atoms. The quantitative estimate of drug-likeness (QED) is 0.653. The highest BCUT2D eigenvalue weighted by Crippen LogP contribution is 2.30. The first kappa shape index (κ1) is 19.3. The van der Waals surface area contributed by atoms with Gasteiger partial charge in [-0.05, 0) is 49.4 Å². The Morgan fingerprint density at radius 3 is 2.71 bits per heavy atom. The number of nitrogens with one attached hydrogen (secondary N) is 1. The Morgan fingerprint density at radius 1 is 1.21 bits per heavy atom. The molecule has 3 aromatic rings. The van der Waals surface area contributed by atoms with E-state index in [9.17, 15) is 13.2 Å². The van der Waals surface area contributed by atoms with Crippen molar-refractivity contribution in [3.8, 4) is 10.6 Å². The molecule has 1 saturated heterocycles. The zero-order valence-corrected chi connectivity index (χ0v) is 17.7. The highest BCUT2D eigenvalue weighted by Gasteiger charge is 2.27. The lowest BCUT2D eigenvalue weighted by Crippen LogP contribution is -2.27. The minimum Gasteiger partial charge on any atom is -0.321 e. The molecular weight excluding hydrogens is 414 g/mol. The van der Waals surface area contributed by atoms with Crippen molar-refractivity contribution in [3.05, 3.63) is 51.7 Å². The molecule has 0 radical (unpaired) electrons. The fourth-order valence-corrected chi connectivity index (χ4v) is 6.35. The summed E-state index contributed by atoms with van der Waals surface area (Å²) < 4.78 is 27.0. The summed E-state index contributed by atoms with van der Waals surface area (Å²) >= 11 is 2.91. The lowest BCUT2D eigenvalue weighted by Gasteiger charge is -2.16. The number of aryl methyl sites for hydroxylation is 1. The third-order valence-corrected chi connectivity index (χ3v) is 8.35. The van der Waals surface area contributed by atoms with Crippen LogP contribution in [0.4, 0.5) is 5.69 Å². The van der Waals surface area contributed by atoms with Crippen molar-refractivity contribution in [2.24, 2.45) is 0 Å². The molecule has 1 aromatic carbocycles. The van der Waals surface area contributed by atoms with E-state index in [4.69, 9.17) is 0 Å². The number of benzene rings is 1. The average Bonchev–Trinajstić information content (AvgIpc) is 3.43. The number of anilines is 1. The van der Waals surface area contributed by atoms with Gasteiger partial charge in [0, 0.05) is 29.7 Å². The molecule has 0 spiro atoms. The van der Waals surface area contributed by atoms with Crippen molar-refractivity contribution in [2.45, 2.75) is 24.7 Å². The molecule has 0 unspecified atom stereocenters. The summed E-state index contributed by atoms with van der Waals surface area (Å²) in [5, 5.41) is 7.58. The number of thiazole rings is 1. The number of rotatable bonds is 5. The Bertz CT molecular complexity index is 1100. The van der Waals surface area contributed by atoms with Crippen LogP contribution in [-0.2, 0) is 10.0 Å². The molecule has 2 aromatic heterocycles. The van der Waals surface area contributed by atoms with Crippen LogP contribution in [0.5, 0.6) is 0 Å². The minimum atomic E-state index is -3.52. The van der Waals surface area contributed by atoms with Crippen LogP contribution in [0.1, 0.15) is 28.2 Å². The smallest absolute Gasteiger partial charge is 0.267 e. The van der Waals surface area contributed by atoms with Crippen molar-refractivity contribution < 1.29 is 13.2 Å². The Balaban J connectivity index is 1.56. The van der Waals surface area contributed by atoms with E-state index in [1.165, 1.54) is 21.7 Å². The van der Waals surface area contributed by atoms with E-state index >= 15 is 0 Å². The normalized spacial score (nSPS) is 15.0. The number of hydrogen-bond acceptors (Lipinski definition) is 6. The molecule has 1 aliphatic rings. The van der Waals surface area contributed by atoms with Gasteiger partial charge in [0.15, 0.2) is 0 Å². The van der Waals surface area contributed by atoms with Gasteiger partial charge in [-0.2, -0.15) is 15.6 Å². The molecule has 0 atom stereocenters. The summed E-state index contributed by atoms with van der Waals surface area (Å²) in [7, 11) is -3.52. The monoisotopic (exact) mass is 433 g/mol. The number of sulfonamides is 1. The molecule has 9 heteroatoms. The van der Waals surface area contributed by atoms with E-state index in [0.29, 0.717) is 29.3 Å². The molecule has 4 rings (SSSR count). The summed E-state index contributed by atoms with van der Waals surface area (Å²) in [4.78, 5) is 17.9. The summed E-state index contributed by atoms with van der Waals surface area (Å²) in [6.07, 6.45) is 1.76. The Hall–Kier alpha value is -2.07. The Labute approximate surface area is 171 Å². The number of thiophene rings is 1. The molecule has 1 fully saturated rings. The highest BCUT2D eigenvalue weighted by molar-refractivity contribution is 7.89. The number of aromatic nitrogens is 1. The van der Waals surface area contributed by atoms with Gasteiger partial charge in [0.2, 0.25) is 10.0 Å². The largest absolute Gasteiger partial charge is 0.321 e. The van der Waals surface area contributed by atoms with Gasteiger partial charge in [-0.3, -0.25) is 4.79 Å². The Morgan fingerprint density at radius 2 is 2.00 bits per heavy atom. The van der Waals surface area contributed by atoms with Crippen LogP contribution in [0.3, 0.4) is 0 Å². The SMILES string of the molecule is Cc1nc(-c2ccsc2)sc1C(=O)Nc1cccc(S(=O)(=O)N2CCCC2)c1. The lowest BCUT2D eigenvalue weighted by atomic mass is 10.3. The van der Waals surface area contributed by atoms with Crippen LogP contribution in [-0.4, -0.2) is 36.7 Å². The molecular formula is C19H19N3O3S3. The molecule has 3 heterocycles.